The Balaban J connectivity index is 2.05. The van der Waals surface area contributed by atoms with E-state index in [1.54, 1.807) is 0 Å². The number of hydrogen-bond acceptors (Lipinski definition) is 2. The van der Waals surface area contributed by atoms with E-state index < -0.39 is 0 Å². The Labute approximate surface area is 107 Å². The lowest BCUT2D eigenvalue weighted by Crippen LogP contribution is -2.36. The fourth-order valence-electron chi connectivity index (χ4n) is 2.79. The largest absolute Gasteiger partial charge is 0.381 e. The molecule has 1 fully saturated rings. The number of rotatable bonds is 2. The van der Waals surface area contributed by atoms with Gasteiger partial charge in [0.2, 0.25) is 0 Å². The van der Waals surface area contributed by atoms with Gasteiger partial charge in [-0.3, -0.25) is 0 Å². The van der Waals surface area contributed by atoms with Crippen molar-refractivity contribution in [2.45, 2.75) is 31.7 Å². The molecule has 3 heteroatoms. The summed E-state index contributed by atoms with van der Waals surface area (Å²) in [6.07, 6.45) is 4.11. The number of ether oxygens (including phenoxy) is 1. The third-order valence-corrected chi connectivity index (χ3v) is 4.00. The summed E-state index contributed by atoms with van der Waals surface area (Å²) in [5.41, 5.74) is 10.1. The molecule has 0 aliphatic carbocycles. The number of nitrogens with two attached hydrogens (primary N) is 1. The highest BCUT2D eigenvalue weighted by atomic mass is 16.5. The molecule has 2 aromatic rings. The Hall–Kier alpha value is -1.32. The maximum absolute atomic E-state index is 6.24. The first-order chi connectivity index (χ1) is 8.79. The molecule has 0 saturated carbocycles. The van der Waals surface area contributed by atoms with Crippen molar-refractivity contribution in [1.29, 1.82) is 0 Å². The van der Waals surface area contributed by atoms with E-state index in [-0.39, 0.29) is 6.04 Å². The van der Waals surface area contributed by atoms with Gasteiger partial charge in [0.15, 0.2) is 0 Å². The topological polar surface area (TPSA) is 51.0 Å². The Morgan fingerprint density at radius 3 is 3.11 bits per heavy atom. The van der Waals surface area contributed by atoms with Crippen molar-refractivity contribution in [2.75, 3.05) is 13.2 Å². The van der Waals surface area contributed by atoms with Crippen LogP contribution in [0.4, 0.5) is 0 Å². The Morgan fingerprint density at radius 1 is 1.44 bits per heavy atom. The van der Waals surface area contributed by atoms with Crippen molar-refractivity contribution in [3.05, 3.63) is 35.5 Å². The number of nitrogens with one attached hydrogen (secondary N) is 1. The third kappa shape index (κ3) is 1.93. The second-order valence-corrected chi connectivity index (χ2v) is 5.11. The van der Waals surface area contributed by atoms with Crippen molar-refractivity contribution in [3.8, 4) is 0 Å². The zero-order valence-corrected chi connectivity index (χ0v) is 10.8. The number of hydrogen-bond donors (Lipinski definition) is 2. The summed E-state index contributed by atoms with van der Waals surface area (Å²) in [7, 11) is 0. The second kappa shape index (κ2) is 4.75. The van der Waals surface area contributed by atoms with Crippen LogP contribution in [0.3, 0.4) is 0 Å². The Morgan fingerprint density at radius 2 is 2.33 bits per heavy atom. The fourth-order valence-corrected chi connectivity index (χ4v) is 2.79. The van der Waals surface area contributed by atoms with Crippen molar-refractivity contribution >= 4 is 10.9 Å². The first-order valence-electron chi connectivity index (χ1n) is 6.73. The molecule has 3 nitrogen and oxygen atoms in total. The van der Waals surface area contributed by atoms with Gasteiger partial charge >= 0.3 is 0 Å². The van der Waals surface area contributed by atoms with Gasteiger partial charge in [-0.05, 0) is 36.1 Å². The molecule has 1 aromatic carbocycles. The molecule has 1 aliphatic rings. The smallest absolute Gasteiger partial charge is 0.0550 e. The lowest BCUT2D eigenvalue weighted by atomic mass is 9.89. The Kier molecular flexibility index (Phi) is 3.10. The molecule has 0 bridgehead atoms. The quantitative estimate of drug-likeness (QED) is 0.853. The second-order valence-electron chi connectivity index (χ2n) is 5.11. The Bertz CT molecular complexity index is 546. The summed E-state index contributed by atoms with van der Waals surface area (Å²) in [6.45, 7) is 3.72. The number of aromatic amines is 1. The lowest BCUT2D eigenvalue weighted by molar-refractivity contribution is 0.0695. The van der Waals surface area contributed by atoms with E-state index in [2.05, 4.69) is 36.3 Å². The van der Waals surface area contributed by atoms with Gasteiger partial charge in [-0.2, -0.15) is 0 Å². The summed E-state index contributed by atoms with van der Waals surface area (Å²) in [6, 6.07) is 6.83. The molecule has 3 rings (SSSR count). The van der Waals surface area contributed by atoms with Crippen molar-refractivity contribution < 1.29 is 4.74 Å². The molecule has 0 radical (unpaired) electrons. The van der Waals surface area contributed by atoms with E-state index >= 15 is 0 Å². The van der Waals surface area contributed by atoms with Crippen LogP contribution in [0.25, 0.3) is 10.9 Å². The lowest BCUT2D eigenvalue weighted by Gasteiger charge is -2.28. The van der Waals surface area contributed by atoms with Crippen LogP contribution in [0.1, 0.15) is 30.4 Å². The van der Waals surface area contributed by atoms with E-state index in [9.17, 15) is 0 Å². The molecule has 0 spiro atoms. The minimum Gasteiger partial charge on any atom is -0.381 e. The number of aryl methyl sites for hydroxylation is 1. The molecule has 3 N–H and O–H groups in total. The highest BCUT2D eigenvalue weighted by Crippen LogP contribution is 2.31. The number of benzene rings is 1. The average Bonchev–Trinajstić information content (AvgIpc) is 2.82. The number of fused-ring (bicyclic) bond motifs is 1. The normalized spacial score (nSPS) is 24.6. The van der Waals surface area contributed by atoms with Crippen molar-refractivity contribution in [1.82, 2.24) is 4.98 Å². The first-order valence-corrected chi connectivity index (χ1v) is 6.73. The van der Waals surface area contributed by atoms with Gasteiger partial charge in [0.1, 0.15) is 0 Å². The number of H-pyrrole nitrogens is 1. The highest BCUT2D eigenvalue weighted by molar-refractivity contribution is 5.84. The number of aromatic nitrogens is 1. The zero-order chi connectivity index (χ0) is 12.5. The fraction of sp³-hybridized carbons (Fsp3) is 0.467. The van der Waals surface area contributed by atoms with E-state index in [0.29, 0.717) is 5.92 Å². The van der Waals surface area contributed by atoms with Crippen LogP contribution in [-0.2, 0) is 11.2 Å². The van der Waals surface area contributed by atoms with Gasteiger partial charge in [-0.25, -0.2) is 0 Å². The molecule has 18 heavy (non-hydrogen) atoms. The molecule has 1 saturated heterocycles. The van der Waals surface area contributed by atoms with Crippen LogP contribution in [0.15, 0.2) is 24.4 Å². The maximum Gasteiger partial charge on any atom is 0.0550 e. The van der Waals surface area contributed by atoms with Crippen LogP contribution in [0.2, 0.25) is 0 Å². The monoisotopic (exact) mass is 244 g/mol. The molecule has 2 unspecified atom stereocenters. The molecule has 2 heterocycles. The third-order valence-electron chi connectivity index (χ3n) is 4.00. The minimum atomic E-state index is 0.211. The van der Waals surface area contributed by atoms with Gasteiger partial charge in [-0.15, -0.1) is 0 Å². The van der Waals surface area contributed by atoms with E-state index in [4.69, 9.17) is 10.5 Å². The molecule has 1 aliphatic heterocycles. The van der Waals surface area contributed by atoms with E-state index in [1.807, 2.05) is 0 Å². The summed E-state index contributed by atoms with van der Waals surface area (Å²) in [5.74, 6) is 0.319. The zero-order valence-electron chi connectivity index (χ0n) is 10.8. The van der Waals surface area contributed by atoms with E-state index in [0.717, 1.165) is 26.1 Å². The predicted octanol–water partition coefficient (Wildman–Crippen LogP) is 2.56. The maximum atomic E-state index is 6.24. The van der Waals surface area contributed by atoms with Gasteiger partial charge in [-0.1, -0.05) is 13.0 Å². The van der Waals surface area contributed by atoms with Gasteiger partial charge in [0, 0.05) is 35.7 Å². The SMILES string of the molecule is CCc1ccc2[nH]cc(C3COCCC3N)c2c1. The first kappa shape index (κ1) is 11.8. The van der Waals surface area contributed by atoms with Gasteiger partial charge in [0.05, 0.1) is 6.61 Å². The summed E-state index contributed by atoms with van der Waals surface area (Å²) in [5, 5.41) is 1.31. The molecular formula is C15H20N2O. The van der Waals surface area contributed by atoms with Gasteiger partial charge in [0.25, 0.3) is 0 Å². The van der Waals surface area contributed by atoms with Crippen LogP contribution in [0, 0.1) is 0 Å². The highest BCUT2D eigenvalue weighted by Gasteiger charge is 2.26. The molecule has 1 aromatic heterocycles. The van der Waals surface area contributed by atoms with Crippen LogP contribution >= 0.6 is 0 Å². The summed E-state index contributed by atoms with van der Waals surface area (Å²) < 4.78 is 5.59. The van der Waals surface area contributed by atoms with Crippen LogP contribution in [-0.4, -0.2) is 24.2 Å². The standard InChI is InChI=1S/C15H20N2O/c1-2-10-3-4-15-11(7-10)12(8-17-15)13-9-18-6-5-14(13)16/h3-4,7-8,13-14,17H,2,5-6,9,16H2,1H3. The molecular weight excluding hydrogens is 224 g/mol. The van der Waals surface area contributed by atoms with Gasteiger partial charge < -0.3 is 15.5 Å². The molecule has 0 amide bonds. The van der Waals surface area contributed by atoms with Crippen LogP contribution < -0.4 is 5.73 Å². The van der Waals surface area contributed by atoms with Crippen molar-refractivity contribution in [2.24, 2.45) is 5.73 Å². The average molecular weight is 244 g/mol. The summed E-state index contributed by atoms with van der Waals surface area (Å²) >= 11 is 0. The van der Waals surface area contributed by atoms with E-state index in [1.165, 1.54) is 22.0 Å². The molecule has 96 valence electrons. The molecule has 2 atom stereocenters. The van der Waals surface area contributed by atoms with Crippen molar-refractivity contribution in [3.63, 3.8) is 0 Å². The predicted molar refractivity (Wildman–Crippen MR) is 73.8 cm³/mol. The summed E-state index contributed by atoms with van der Waals surface area (Å²) in [4.78, 5) is 3.35. The van der Waals surface area contributed by atoms with Crippen LogP contribution in [0.5, 0.6) is 0 Å². The minimum absolute atomic E-state index is 0.211.